The van der Waals surface area contributed by atoms with E-state index in [0.29, 0.717) is 5.69 Å². The Kier molecular flexibility index (Phi) is 6.71. The second-order valence-corrected chi connectivity index (χ2v) is 4.58. The minimum absolute atomic E-state index is 0.0419. The van der Waals surface area contributed by atoms with Crippen LogP contribution in [0.3, 0.4) is 0 Å². The Morgan fingerprint density at radius 2 is 1.89 bits per heavy atom. The Labute approximate surface area is 115 Å². The SMILES string of the molecule is CCCCN(CCCC)c1ccc(/C(N)=N/O)nc1. The van der Waals surface area contributed by atoms with Crippen molar-refractivity contribution in [2.45, 2.75) is 39.5 Å². The third-order valence-electron chi connectivity index (χ3n) is 3.05. The van der Waals surface area contributed by atoms with Crippen molar-refractivity contribution in [3.8, 4) is 0 Å². The van der Waals surface area contributed by atoms with Crippen molar-refractivity contribution in [2.75, 3.05) is 18.0 Å². The van der Waals surface area contributed by atoms with Gasteiger partial charge >= 0.3 is 0 Å². The molecule has 0 spiro atoms. The molecule has 106 valence electrons. The lowest BCUT2D eigenvalue weighted by Gasteiger charge is -2.24. The van der Waals surface area contributed by atoms with Gasteiger partial charge in [0.1, 0.15) is 5.69 Å². The van der Waals surface area contributed by atoms with Crippen molar-refractivity contribution in [1.82, 2.24) is 4.98 Å². The van der Waals surface area contributed by atoms with Crippen molar-refractivity contribution in [1.29, 1.82) is 0 Å². The molecule has 0 saturated heterocycles. The summed E-state index contributed by atoms with van der Waals surface area (Å²) in [5.41, 5.74) is 7.10. The quantitative estimate of drug-likeness (QED) is 0.327. The number of unbranched alkanes of at least 4 members (excludes halogenated alkanes) is 2. The third kappa shape index (κ3) is 4.77. The first-order valence-electron chi connectivity index (χ1n) is 6.91. The van der Waals surface area contributed by atoms with Crippen LogP contribution in [0.15, 0.2) is 23.5 Å². The number of amidine groups is 1. The Bertz CT molecular complexity index is 381. The summed E-state index contributed by atoms with van der Waals surface area (Å²) in [5.74, 6) is 0.0419. The molecule has 0 amide bonds. The largest absolute Gasteiger partial charge is 0.409 e. The third-order valence-corrected chi connectivity index (χ3v) is 3.05. The standard InChI is InChI=1S/C14H24N4O/c1-3-5-9-18(10-6-4-2)12-7-8-13(16-11-12)14(15)17-19/h7-8,11,19H,3-6,9-10H2,1-2H3,(H2,15,17). The predicted molar refractivity (Wildman–Crippen MR) is 78.8 cm³/mol. The molecule has 19 heavy (non-hydrogen) atoms. The maximum atomic E-state index is 8.61. The molecule has 1 heterocycles. The highest BCUT2D eigenvalue weighted by atomic mass is 16.4. The maximum absolute atomic E-state index is 8.61. The van der Waals surface area contributed by atoms with Gasteiger partial charge in [0.2, 0.25) is 0 Å². The van der Waals surface area contributed by atoms with Gasteiger partial charge in [0.05, 0.1) is 11.9 Å². The van der Waals surface area contributed by atoms with E-state index in [2.05, 4.69) is 28.9 Å². The molecule has 3 N–H and O–H groups in total. The van der Waals surface area contributed by atoms with E-state index in [0.717, 1.165) is 18.8 Å². The summed E-state index contributed by atoms with van der Waals surface area (Å²) in [7, 11) is 0. The van der Waals surface area contributed by atoms with E-state index in [1.165, 1.54) is 25.7 Å². The first kappa shape index (κ1) is 15.3. The topological polar surface area (TPSA) is 74.7 Å². The first-order valence-corrected chi connectivity index (χ1v) is 6.91. The van der Waals surface area contributed by atoms with Gasteiger partial charge in [0, 0.05) is 13.1 Å². The van der Waals surface area contributed by atoms with E-state index < -0.39 is 0 Å². The number of nitrogens with zero attached hydrogens (tertiary/aromatic N) is 3. The van der Waals surface area contributed by atoms with Gasteiger partial charge in [0.25, 0.3) is 0 Å². The van der Waals surface area contributed by atoms with Gasteiger partial charge in [-0.05, 0) is 25.0 Å². The number of hydrogen-bond donors (Lipinski definition) is 2. The molecule has 0 atom stereocenters. The molecule has 0 radical (unpaired) electrons. The van der Waals surface area contributed by atoms with Gasteiger partial charge in [-0.2, -0.15) is 0 Å². The summed E-state index contributed by atoms with van der Waals surface area (Å²) in [5, 5.41) is 11.6. The zero-order chi connectivity index (χ0) is 14.1. The molecule has 0 fully saturated rings. The highest BCUT2D eigenvalue weighted by Crippen LogP contribution is 2.15. The Morgan fingerprint density at radius 3 is 2.32 bits per heavy atom. The highest BCUT2D eigenvalue weighted by Gasteiger charge is 2.07. The summed E-state index contributed by atoms with van der Waals surface area (Å²) in [6.07, 6.45) is 6.49. The van der Waals surface area contributed by atoms with E-state index >= 15 is 0 Å². The summed E-state index contributed by atoms with van der Waals surface area (Å²) >= 11 is 0. The number of oxime groups is 1. The second-order valence-electron chi connectivity index (χ2n) is 4.58. The minimum Gasteiger partial charge on any atom is -0.409 e. The van der Waals surface area contributed by atoms with Crippen LogP contribution < -0.4 is 10.6 Å². The molecule has 0 aliphatic rings. The van der Waals surface area contributed by atoms with Crippen LogP contribution in [-0.4, -0.2) is 29.1 Å². The van der Waals surface area contributed by atoms with Crippen LogP contribution in [-0.2, 0) is 0 Å². The number of hydrogen-bond acceptors (Lipinski definition) is 4. The van der Waals surface area contributed by atoms with Gasteiger partial charge in [-0.15, -0.1) is 0 Å². The lowest BCUT2D eigenvalue weighted by Crippen LogP contribution is -2.26. The number of pyridine rings is 1. The molecular formula is C14H24N4O. The fourth-order valence-corrected chi connectivity index (χ4v) is 1.84. The molecule has 0 aromatic carbocycles. The minimum atomic E-state index is 0.0419. The van der Waals surface area contributed by atoms with Gasteiger partial charge in [-0.3, -0.25) is 4.98 Å². The summed E-state index contributed by atoms with van der Waals surface area (Å²) in [6, 6.07) is 3.76. The van der Waals surface area contributed by atoms with Gasteiger partial charge < -0.3 is 15.8 Å². The Morgan fingerprint density at radius 1 is 1.26 bits per heavy atom. The Hall–Kier alpha value is -1.78. The van der Waals surface area contributed by atoms with Crippen LogP contribution in [0.4, 0.5) is 5.69 Å². The van der Waals surface area contributed by atoms with E-state index in [1.54, 1.807) is 12.3 Å². The summed E-state index contributed by atoms with van der Waals surface area (Å²) in [4.78, 5) is 6.57. The zero-order valence-corrected chi connectivity index (χ0v) is 11.8. The van der Waals surface area contributed by atoms with Crippen molar-refractivity contribution in [3.05, 3.63) is 24.0 Å². The molecule has 0 bridgehead atoms. The normalized spacial score (nSPS) is 11.6. The summed E-state index contributed by atoms with van der Waals surface area (Å²) in [6.45, 7) is 6.47. The number of nitrogens with two attached hydrogens (primary N) is 1. The molecule has 5 nitrogen and oxygen atoms in total. The monoisotopic (exact) mass is 264 g/mol. The van der Waals surface area contributed by atoms with Crippen molar-refractivity contribution < 1.29 is 5.21 Å². The zero-order valence-electron chi connectivity index (χ0n) is 11.8. The fraction of sp³-hybridized carbons (Fsp3) is 0.571. The van der Waals surface area contributed by atoms with Crippen molar-refractivity contribution >= 4 is 11.5 Å². The fourth-order valence-electron chi connectivity index (χ4n) is 1.84. The maximum Gasteiger partial charge on any atom is 0.188 e. The average Bonchev–Trinajstić information content (AvgIpc) is 2.47. The van der Waals surface area contributed by atoms with Crippen LogP contribution in [0.2, 0.25) is 0 Å². The molecule has 0 unspecified atom stereocenters. The van der Waals surface area contributed by atoms with Crippen LogP contribution >= 0.6 is 0 Å². The van der Waals surface area contributed by atoms with Gasteiger partial charge in [-0.25, -0.2) is 0 Å². The van der Waals surface area contributed by atoms with Crippen LogP contribution in [0.5, 0.6) is 0 Å². The number of anilines is 1. The van der Waals surface area contributed by atoms with Crippen molar-refractivity contribution in [3.63, 3.8) is 0 Å². The van der Waals surface area contributed by atoms with E-state index in [9.17, 15) is 0 Å². The van der Waals surface area contributed by atoms with E-state index in [4.69, 9.17) is 10.9 Å². The molecular weight excluding hydrogens is 240 g/mol. The predicted octanol–water partition coefficient (Wildman–Crippen LogP) is 2.58. The van der Waals surface area contributed by atoms with Crippen LogP contribution in [0, 0.1) is 0 Å². The molecule has 0 saturated carbocycles. The molecule has 5 heteroatoms. The number of aromatic nitrogens is 1. The van der Waals surface area contributed by atoms with Gasteiger partial charge in [-0.1, -0.05) is 31.8 Å². The second kappa shape index (κ2) is 8.34. The highest BCUT2D eigenvalue weighted by molar-refractivity contribution is 5.95. The lowest BCUT2D eigenvalue weighted by atomic mass is 10.2. The van der Waals surface area contributed by atoms with E-state index in [-0.39, 0.29) is 5.84 Å². The van der Waals surface area contributed by atoms with Gasteiger partial charge in [0.15, 0.2) is 5.84 Å². The average molecular weight is 264 g/mol. The van der Waals surface area contributed by atoms with Crippen LogP contribution in [0.25, 0.3) is 0 Å². The van der Waals surface area contributed by atoms with Crippen molar-refractivity contribution in [2.24, 2.45) is 10.9 Å². The smallest absolute Gasteiger partial charge is 0.188 e. The molecule has 1 aromatic heterocycles. The molecule has 0 aliphatic heterocycles. The first-order chi connectivity index (χ1) is 9.22. The molecule has 0 aliphatic carbocycles. The molecule has 1 aromatic rings. The Balaban J connectivity index is 2.77. The lowest BCUT2D eigenvalue weighted by molar-refractivity contribution is 0.318. The number of rotatable bonds is 8. The summed E-state index contributed by atoms with van der Waals surface area (Å²) < 4.78 is 0. The van der Waals surface area contributed by atoms with E-state index in [1.807, 2.05) is 6.07 Å². The molecule has 1 rings (SSSR count). The van der Waals surface area contributed by atoms with Crippen LogP contribution in [0.1, 0.15) is 45.2 Å².